The number of furan rings is 2. The first-order valence-electron chi connectivity index (χ1n) is 40.1. The minimum Gasteiger partial charge on any atom is -0.456 e. The van der Waals surface area contributed by atoms with Crippen molar-refractivity contribution >= 4 is 123 Å². The standard InChI is InChI=1S/C111H69BN2O2/c1-7-27-70(28-8-1)76-51-49-74-35-25-47-100(92(74)59-76)113-102-66-94-90-57-54-79(86-43-21-19-41-84(86)72-31-11-3-12-32-72)64-106(90)115-108(94)68-98(102)112-99-69-109-95(91-58-55-80(65-107(91)116-109)87-44-22-20-42-85(87)73-33-13-4-14-34-73)67-103(99)114(101-48-26-36-75-50-52-77(60-93(75)101)71-29-9-2-10-30-71)105-63-81(62-104(113)110(105)112)78-53-56-89-88-45-23-24-46-96(88)111(97(89)61-78,82-37-15-5-16-38-82)83-39-17-6-18-40-83/h1-69H. The van der Waals surface area contributed by atoms with Crippen LogP contribution >= 0.6 is 0 Å². The molecule has 1 aliphatic carbocycles. The Hall–Kier alpha value is -15.0. The summed E-state index contributed by atoms with van der Waals surface area (Å²) >= 11 is 0. The maximum atomic E-state index is 7.47. The molecule has 116 heavy (non-hydrogen) atoms. The zero-order chi connectivity index (χ0) is 76.1. The van der Waals surface area contributed by atoms with Gasteiger partial charge in [0, 0.05) is 55.1 Å². The predicted octanol–water partition coefficient (Wildman–Crippen LogP) is 27.9. The number of hydrogen-bond donors (Lipinski definition) is 0. The molecule has 3 aliphatic rings. The lowest BCUT2D eigenvalue weighted by atomic mass is 9.33. The van der Waals surface area contributed by atoms with Gasteiger partial charge in [0.05, 0.1) is 16.8 Å². The maximum Gasteiger partial charge on any atom is 0.252 e. The molecule has 0 spiro atoms. The van der Waals surface area contributed by atoms with Crippen molar-refractivity contribution in [2.75, 3.05) is 9.80 Å². The maximum absolute atomic E-state index is 7.47. The molecule has 0 unspecified atom stereocenters. The van der Waals surface area contributed by atoms with Crippen molar-refractivity contribution in [1.82, 2.24) is 0 Å². The molecular formula is C111H69BN2O2. The summed E-state index contributed by atoms with van der Waals surface area (Å²) in [5.41, 5.74) is 35.8. The number of rotatable bonds is 11. The van der Waals surface area contributed by atoms with Gasteiger partial charge in [-0.3, -0.25) is 0 Å². The van der Waals surface area contributed by atoms with Gasteiger partial charge in [-0.05, 0) is 229 Å². The monoisotopic (exact) mass is 1470 g/mol. The fourth-order valence-corrected chi connectivity index (χ4v) is 19.9. The summed E-state index contributed by atoms with van der Waals surface area (Å²) in [6.45, 7) is -0.369. The topological polar surface area (TPSA) is 32.8 Å². The van der Waals surface area contributed by atoms with Gasteiger partial charge in [0.1, 0.15) is 22.3 Å². The van der Waals surface area contributed by atoms with E-state index in [0.29, 0.717) is 0 Å². The molecule has 0 atom stereocenters. The van der Waals surface area contributed by atoms with Crippen LogP contribution in [0.1, 0.15) is 22.3 Å². The van der Waals surface area contributed by atoms with Gasteiger partial charge in [-0.15, -0.1) is 0 Å². The number of nitrogens with zero attached hydrogens (tertiary/aromatic N) is 2. The lowest BCUT2D eigenvalue weighted by molar-refractivity contribution is 0.669. The Balaban J connectivity index is 0.823. The van der Waals surface area contributed by atoms with E-state index in [2.05, 4.69) is 428 Å². The van der Waals surface area contributed by atoms with Crippen molar-refractivity contribution < 1.29 is 8.83 Å². The van der Waals surface area contributed by atoms with E-state index in [4.69, 9.17) is 8.83 Å². The van der Waals surface area contributed by atoms with Gasteiger partial charge in [-0.2, -0.15) is 0 Å². The molecule has 538 valence electrons. The number of hydrogen-bond acceptors (Lipinski definition) is 4. The largest absolute Gasteiger partial charge is 0.456 e. The highest BCUT2D eigenvalue weighted by molar-refractivity contribution is 7.00. The molecule has 5 heteroatoms. The summed E-state index contributed by atoms with van der Waals surface area (Å²) in [4.78, 5) is 5.26. The van der Waals surface area contributed by atoms with Gasteiger partial charge in [-0.1, -0.05) is 328 Å². The normalized spacial score (nSPS) is 13.0. The molecule has 4 heterocycles. The fraction of sp³-hybridized carbons (Fsp3) is 0.00901. The Bertz CT molecular complexity index is 7190. The van der Waals surface area contributed by atoms with Crippen LogP contribution in [0.15, 0.2) is 427 Å². The summed E-state index contributed by atoms with van der Waals surface area (Å²) in [5, 5.41) is 8.70. The molecule has 0 saturated heterocycles. The first kappa shape index (κ1) is 65.7. The van der Waals surface area contributed by atoms with E-state index in [-0.39, 0.29) is 6.71 Å². The third-order valence-corrected chi connectivity index (χ3v) is 25.1. The lowest BCUT2D eigenvalue weighted by Gasteiger charge is -2.45. The van der Waals surface area contributed by atoms with E-state index in [0.717, 1.165) is 166 Å². The average molecular weight is 1470 g/mol. The van der Waals surface area contributed by atoms with E-state index in [1.807, 2.05) is 0 Å². The highest BCUT2D eigenvalue weighted by Gasteiger charge is 2.48. The molecule has 24 rings (SSSR count). The van der Waals surface area contributed by atoms with E-state index in [9.17, 15) is 0 Å². The van der Waals surface area contributed by atoms with Gasteiger partial charge < -0.3 is 18.6 Å². The Morgan fingerprint density at radius 1 is 0.198 bits per heavy atom. The van der Waals surface area contributed by atoms with Crippen molar-refractivity contribution in [2.24, 2.45) is 0 Å². The number of fused-ring (bicyclic) bond motifs is 15. The molecule has 19 aromatic carbocycles. The van der Waals surface area contributed by atoms with Crippen LogP contribution in [0.5, 0.6) is 0 Å². The first-order chi connectivity index (χ1) is 57.5. The van der Waals surface area contributed by atoms with Crippen molar-refractivity contribution in [3.05, 3.63) is 441 Å². The predicted molar refractivity (Wildman–Crippen MR) is 485 cm³/mol. The molecule has 4 nitrogen and oxygen atoms in total. The SMILES string of the molecule is c1ccc(-c2ccc3cccc(N4c5cc6c(cc5B5c7cc8oc9cc(-c%10ccccc%10-c%10ccccc%10)ccc9c8cc7N(c7cccc8ccc(-c9ccccc9)cc78)c7cc(-c8ccc9c(c8)C(c8ccccc8)(c8ccccc8)c8ccccc8-9)cc4c75)oc4cc(-c5ccccc5-c5ccccc5)ccc46)c3c2)cc1. The van der Waals surface area contributed by atoms with E-state index >= 15 is 0 Å². The summed E-state index contributed by atoms with van der Waals surface area (Å²) in [6.07, 6.45) is 0. The molecule has 0 fully saturated rings. The van der Waals surface area contributed by atoms with Crippen LogP contribution < -0.4 is 26.2 Å². The summed E-state index contributed by atoms with van der Waals surface area (Å²) in [6, 6.07) is 156. The highest BCUT2D eigenvalue weighted by atomic mass is 16.3. The summed E-state index contributed by atoms with van der Waals surface area (Å²) < 4.78 is 14.9. The fourth-order valence-electron chi connectivity index (χ4n) is 19.9. The van der Waals surface area contributed by atoms with Gasteiger partial charge in [0.25, 0.3) is 6.71 Å². The van der Waals surface area contributed by atoms with Crippen LogP contribution in [0.2, 0.25) is 0 Å². The Morgan fingerprint density at radius 2 is 0.569 bits per heavy atom. The van der Waals surface area contributed by atoms with Gasteiger partial charge in [0.15, 0.2) is 0 Å². The molecule has 0 bridgehead atoms. The molecule has 0 radical (unpaired) electrons. The van der Waals surface area contributed by atoms with Crippen LogP contribution in [0, 0.1) is 0 Å². The van der Waals surface area contributed by atoms with E-state index < -0.39 is 5.41 Å². The molecule has 21 aromatic rings. The van der Waals surface area contributed by atoms with Crippen LogP contribution in [-0.4, -0.2) is 6.71 Å². The van der Waals surface area contributed by atoms with Crippen LogP contribution in [0.25, 0.3) is 154 Å². The zero-order valence-electron chi connectivity index (χ0n) is 63.1. The van der Waals surface area contributed by atoms with E-state index in [1.54, 1.807) is 0 Å². The first-order valence-corrected chi connectivity index (χ1v) is 40.1. The van der Waals surface area contributed by atoms with Crippen molar-refractivity contribution in [1.29, 1.82) is 0 Å². The van der Waals surface area contributed by atoms with Crippen molar-refractivity contribution in [3.63, 3.8) is 0 Å². The third kappa shape index (κ3) is 10.1. The molecule has 0 saturated carbocycles. The molecule has 2 aromatic heterocycles. The molecule has 0 N–H and O–H groups in total. The third-order valence-electron chi connectivity index (χ3n) is 25.1. The number of anilines is 6. The zero-order valence-corrected chi connectivity index (χ0v) is 63.1. The second-order valence-electron chi connectivity index (χ2n) is 31.2. The molecule has 0 amide bonds. The quantitative estimate of drug-likeness (QED) is 0.121. The minimum atomic E-state index is -0.650. The minimum absolute atomic E-state index is 0.369. The summed E-state index contributed by atoms with van der Waals surface area (Å²) in [5.74, 6) is 0. The Labute approximate surface area is 672 Å². The van der Waals surface area contributed by atoms with Crippen molar-refractivity contribution in [2.45, 2.75) is 5.41 Å². The molecule has 2 aliphatic heterocycles. The number of benzene rings is 19. The second kappa shape index (κ2) is 26.0. The second-order valence-corrected chi connectivity index (χ2v) is 31.2. The van der Waals surface area contributed by atoms with Gasteiger partial charge in [-0.25, -0.2) is 0 Å². The van der Waals surface area contributed by atoms with E-state index in [1.165, 1.54) is 61.1 Å². The van der Waals surface area contributed by atoms with Crippen molar-refractivity contribution in [3.8, 4) is 89.0 Å². The Morgan fingerprint density at radius 3 is 1.03 bits per heavy atom. The smallest absolute Gasteiger partial charge is 0.252 e. The van der Waals surface area contributed by atoms with Crippen LogP contribution in [0.4, 0.5) is 34.1 Å². The van der Waals surface area contributed by atoms with Crippen LogP contribution in [0.3, 0.4) is 0 Å². The summed E-state index contributed by atoms with van der Waals surface area (Å²) in [7, 11) is 0. The molecular weight excluding hydrogens is 1400 g/mol. The highest BCUT2D eigenvalue weighted by Crippen LogP contribution is 2.58. The van der Waals surface area contributed by atoms with Crippen LogP contribution in [-0.2, 0) is 5.41 Å². The lowest BCUT2D eigenvalue weighted by Crippen LogP contribution is -2.61. The Kier molecular flexibility index (Phi) is 14.7. The van der Waals surface area contributed by atoms with Gasteiger partial charge in [0.2, 0.25) is 0 Å². The average Bonchev–Trinajstić information content (AvgIpc) is 1.04. The van der Waals surface area contributed by atoms with Gasteiger partial charge >= 0.3 is 0 Å².